The van der Waals surface area contributed by atoms with Crippen molar-refractivity contribution < 1.29 is 9.32 Å². The standard InChI is InChI=1S/C19H26N4O2/c1-13-7-5-9-18(20-13)23-10-6-8-16(12-23)22(4)19(24)11-17-14(2)21-25-15(17)3/h5,7,9,16H,6,8,10-12H2,1-4H3. The molecule has 1 saturated heterocycles. The monoisotopic (exact) mass is 342 g/mol. The number of piperidine rings is 1. The first kappa shape index (κ1) is 17.5. The van der Waals surface area contributed by atoms with Gasteiger partial charge in [-0.05, 0) is 45.7 Å². The zero-order valence-electron chi connectivity index (χ0n) is 15.5. The number of pyridine rings is 1. The summed E-state index contributed by atoms with van der Waals surface area (Å²) in [5, 5.41) is 3.94. The summed E-state index contributed by atoms with van der Waals surface area (Å²) in [6.07, 6.45) is 2.42. The summed E-state index contributed by atoms with van der Waals surface area (Å²) in [5.74, 6) is 1.84. The van der Waals surface area contributed by atoms with E-state index in [-0.39, 0.29) is 11.9 Å². The Labute approximate surface area is 148 Å². The van der Waals surface area contributed by atoms with E-state index in [9.17, 15) is 4.79 Å². The molecule has 1 unspecified atom stereocenters. The van der Waals surface area contributed by atoms with Crippen LogP contribution in [0.15, 0.2) is 22.7 Å². The molecule has 1 atom stereocenters. The maximum atomic E-state index is 12.7. The lowest BCUT2D eigenvalue weighted by atomic mass is 10.0. The van der Waals surface area contributed by atoms with E-state index in [0.717, 1.165) is 54.5 Å². The lowest BCUT2D eigenvalue weighted by molar-refractivity contribution is -0.131. The number of aryl methyl sites for hydroxylation is 3. The van der Waals surface area contributed by atoms with Gasteiger partial charge in [0.25, 0.3) is 0 Å². The molecule has 0 aliphatic carbocycles. The van der Waals surface area contributed by atoms with Gasteiger partial charge in [-0.1, -0.05) is 11.2 Å². The Morgan fingerprint density at radius 2 is 2.16 bits per heavy atom. The smallest absolute Gasteiger partial charge is 0.227 e. The molecule has 0 N–H and O–H groups in total. The van der Waals surface area contributed by atoms with Gasteiger partial charge in [0.1, 0.15) is 11.6 Å². The van der Waals surface area contributed by atoms with Gasteiger partial charge < -0.3 is 14.3 Å². The van der Waals surface area contributed by atoms with Crippen molar-refractivity contribution >= 4 is 11.7 Å². The predicted octanol–water partition coefficient (Wildman–Crippen LogP) is 2.66. The lowest BCUT2D eigenvalue weighted by Gasteiger charge is -2.38. The average molecular weight is 342 g/mol. The fourth-order valence-corrected chi connectivity index (χ4v) is 3.42. The molecular formula is C19H26N4O2. The molecule has 3 rings (SSSR count). The number of aromatic nitrogens is 2. The molecular weight excluding hydrogens is 316 g/mol. The summed E-state index contributed by atoms with van der Waals surface area (Å²) >= 11 is 0. The summed E-state index contributed by atoms with van der Waals surface area (Å²) in [6, 6.07) is 6.28. The van der Waals surface area contributed by atoms with Gasteiger partial charge in [-0.25, -0.2) is 4.98 Å². The molecule has 0 radical (unpaired) electrons. The number of amides is 1. The quantitative estimate of drug-likeness (QED) is 0.855. The Balaban J connectivity index is 1.67. The second-order valence-electron chi connectivity index (χ2n) is 6.86. The zero-order chi connectivity index (χ0) is 18.0. The molecule has 25 heavy (non-hydrogen) atoms. The summed E-state index contributed by atoms with van der Waals surface area (Å²) in [4.78, 5) is 21.5. The minimum atomic E-state index is 0.110. The molecule has 1 aliphatic rings. The van der Waals surface area contributed by atoms with Crippen LogP contribution >= 0.6 is 0 Å². The highest BCUT2D eigenvalue weighted by molar-refractivity contribution is 5.79. The average Bonchev–Trinajstić information content (AvgIpc) is 2.93. The van der Waals surface area contributed by atoms with Crippen LogP contribution in [0.4, 0.5) is 5.82 Å². The number of likely N-dealkylation sites (N-methyl/N-ethyl adjacent to an activating group) is 1. The van der Waals surface area contributed by atoms with E-state index in [1.165, 1.54) is 0 Å². The van der Waals surface area contributed by atoms with Crippen LogP contribution < -0.4 is 4.90 Å². The maximum Gasteiger partial charge on any atom is 0.227 e. The van der Waals surface area contributed by atoms with Crippen LogP contribution in [0.2, 0.25) is 0 Å². The van der Waals surface area contributed by atoms with Gasteiger partial charge in [-0.3, -0.25) is 4.79 Å². The van der Waals surface area contributed by atoms with Crippen molar-refractivity contribution in [2.75, 3.05) is 25.0 Å². The molecule has 0 spiro atoms. The second-order valence-corrected chi connectivity index (χ2v) is 6.86. The fraction of sp³-hybridized carbons (Fsp3) is 0.526. The third kappa shape index (κ3) is 3.83. The third-order valence-corrected chi connectivity index (χ3v) is 5.04. The van der Waals surface area contributed by atoms with Gasteiger partial charge in [0.2, 0.25) is 5.91 Å². The number of hydrogen-bond donors (Lipinski definition) is 0. The van der Waals surface area contributed by atoms with Crippen LogP contribution in [-0.2, 0) is 11.2 Å². The summed E-state index contributed by atoms with van der Waals surface area (Å²) in [5.41, 5.74) is 2.72. The Bertz CT molecular complexity index is 736. The van der Waals surface area contributed by atoms with Crippen LogP contribution in [0.5, 0.6) is 0 Å². The molecule has 2 aromatic rings. The largest absolute Gasteiger partial charge is 0.361 e. The first-order valence-corrected chi connectivity index (χ1v) is 8.81. The van der Waals surface area contributed by atoms with E-state index in [0.29, 0.717) is 6.42 Å². The second kappa shape index (κ2) is 7.25. The van der Waals surface area contributed by atoms with Gasteiger partial charge in [-0.2, -0.15) is 0 Å². The van der Waals surface area contributed by atoms with Crippen molar-refractivity contribution in [3.8, 4) is 0 Å². The summed E-state index contributed by atoms with van der Waals surface area (Å²) in [7, 11) is 1.90. The highest BCUT2D eigenvalue weighted by Crippen LogP contribution is 2.22. The SMILES string of the molecule is Cc1cccc(N2CCCC(N(C)C(=O)Cc3c(C)noc3C)C2)n1. The predicted molar refractivity (Wildman–Crippen MR) is 96.7 cm³/mol. The Kier molecular flexibility index (Phi) is 5.06. The first-order valence-electron chi connectivity index (χ1n) is 8.81. The molecule has 6 nitrogen and oxygen atoms in total. The van der Waals surface area contributed by atoms with E-state index < -0.39 is 0 Å². The van der Waals surface area contributed by atoms with Crippen molar-refractivity contribution in [1.29, 1.82) is 0 Å². The normalized spacial score (nSPS) is 17.6. The van der Waals surface area contributed by atoms with Crippen molar-refractivity contribution in [2.45, 2.75) is 46.1 Å². The van der Waals surface area contributed by atoms with Gasteiger partial charge in [0.15, 0.2) is 0 Å². The van der Waals surface area contributed by atoms with Crippen LogP contribution in [0, 0.1) is 20.8 Å². The topological polar surface area (TPSA) is 62.5 Å². The number of anilines is 1. The van der Waals surface area contributed by atoms with E-state index in [2.05, 4.69) is 15.0 Å². The fourth-order valence-electron chi connectivity index (χ4n) is 3.42. The van der Waals surface area contributed by atoms with Crippen LogP contribution in [0.25, 0.3) is 0 Å². The molecule has 0 aromatic carbocycles. The van der Waals surface area contributed by atoms with Gasteiger partial charge >= 0.3 is 0 Å². The number of rotatable bonds is 4. The molecule has 0 saturated carbocycles. The Morgan fingerprint density at radius 1 is 1.36 bits per heavy atom. The highest BCUT2D eigenvalue weighted by Gasteiger charge is 2.27. The van der Waals surface area contributed by atoms with Gasteiger partial charge in [-0.15, -0.1) is 0 Å². The molecule has 1 fully saturated rings. The van der Waals surface area contributed by atoms with Gasteiger partial charge in [0, 0.05) is 37.4 Å². The summed E-state index contributed by atoms with van der Waals surface area (Å²) < 4.78 is 5.17. The van der Waals surface area contributed by atoms with Crippen LogP contribution in [0.1, 0.15) is 35.6 Å². The van der Waals surface area contributed by atoms with Crippen LogP contribution in [-0.4, -0.2) is 47.1 Å². The van der Waals surface area contributed by atoms with E-state index in [1.807, 2.05) is 50.9 Å². The summed E-state index contributed by atoms with van der Waals surface area (Å²) in [6.45, 7) is 7.54. The van der Waals surface area contributed by atoms with E-state index in [4.69, 9.17) is 4.52 Å². The van der Waals surface area contributed by atoms with Gasteiger partial charge in [0.05, 0.1) is 12.1 Å². The van der Waals surface area contributed by atoms with Crippen molar-refractivity contribution in [3.63, 3.8) is 0 Å². The lowest BCUT2D eigenvalue weighted by Crippen LogP contribution is -2.49. The molecule has 1 amide bonds. The van der Waals surface area contributed by atoms with E-state index in [1.54, 1.807) is 0 Å². The molecule has 3 heterocycles. The Hall–Kier alpha value is -2.37. The number of nitrogens with zero attached hydrogens (tertiary/aromatic N) is 4. The molecule has 1 aliphatic heterocycles. The van der Waals surface area contributed by atoms with E-state index >= 15 is 0 Å². The molecule has 0 bridgehead atoms. The molecule has 2 aromatic heterocycles. The van der Waals surface area contributed by atoms with Crippen molar-refractivity contribution in [1.82, 2.24) is 15.0 Å². The number of hydrogen-bond acceptors (Lipinski definition) is 5. The third-order valence-electron chi connectivity index (χ3n) is 5.04. The first-order chi connectivity index (χ1) is 12.0. The molecule has 134 valence electrons. The minimum Gasteiger partial charge on any atom is -0.361 e. The number of carbonyl (C=O) groups is 1. The van der Waals surface area contributed by atoms with Crippen molar-refractivity contribution in [2.24, 2.45) is 0 Å². The number of carbonyl (C=O) groups excluding carboxylic acids is 1. The molecule has 6 heteroatoms. The maximum absolute atomic E-state index is 12.7. The van der Waals surface area contributed by atoms with Crippen LogP contribution in [0.3, 0.4) is 0 Å². The minimum absolute atomic E-state index is 0.110. The highest BCUT2D eigenvalue weighted by atomic mass is 16.5. The Morgan fingerprint density at radius 3 is 2.84 bits per heavy atom. The zero-order valence-corrected chi connectivity index (χ0v) is 15.5. The van der Waals surface area contributed by atoms with Crippen molar-refractivity contribution in [3.05, 3.63) is 40.9 Å².